The fraction of sp³-hybridized carbons (Fsp3) is 0.435. The Hall–Kier alpha value is -2.27. The van der Waals surface area contributed by atoms with E-state index in [4.69, 9.17) is 13.1 Å². The van der Waals surface area contributed by atoms with Crippen LogP contribution in [-0.4, -0.2) is 41.1 Å². The number of esters is 1. The van der Waals surface area contributed by atoms with Crippen molar-refractivity contribution in [3.63, 3.8) is 0 Å². The van der Waals surface area contributed by atoms with E-state index >= 15 is 0 Å². The molecule has 0 heterocycles. The predicted octanol–water partition coefficient (Wildman–Crippen LogP) is 3.90. The van der Waals surface area contributed by atoms with Crippen molar-refractivity contribution in [1.82, 2.24) is 0 Å². The highest BCUT2D eigenvalue weighted by Gasteiger charge is 2.27. The number of hydrogen-bond acceptors (Lipinski definition) is 8. The van der Waals surface area contributed by atoms with Gasteiger partial charge in [-0.15, -0.1) is 0 Å². The summed E-state index contributed by atoms with van der Waals surface area (Å²) in [5.41, 5.74) is 1.02. The first-order valence-corrected chi connectivity index (χ1v) is 13.2. The Kier molecular flexibility index (Phi) is 8.81. The van der Waals surface area contributed by atoms with Crippen LogP contribution in [0.15, 0.2) is 58.3 Å². The zero-order valence-electron chi connectivity index (χ0n) is 19.4. The van der Waals surface area contributed by atoms with Crippen LogP contribution >= 0.6 is 0 Å². The summed E-state index contributed by atoms with van der Waals surface area (Å²) in [7, 11) is -8.38. The molecule has 0 saturated carbocycles. The summed E-state index contributed by atoms with van der Waals surface area (Å²) in [6.07, 6.45) is -1.54. The molecule has 0 radical (unpaired) electrons. The molecular weight excluding hydrogens is 468 g/mol. The number of rotatable bonds is 10. The molecule has 2 aromatic rings. The zero-order valence-corrected chi connectivity index (χ0v) is 21.0. The number of benzene rings is 2. The summed E-state index contributed by atoms with van der Waals surface area (Å²) >= 11 is 0. The lowest BCUT2D eigenvalue weighted by atomic mass is 10.2. The van der Waals surface area contributed by atoms with Gasteiger partial charge in [-0.25, -0.2) is 0 Å². The minimum Gasteiger partial charge on any atom is -0.460 e. The summed E-state index contributed by atoms with van der Waals surface area (Å²) in [6.45, 7) is 8.15. The normalized spacial score (nSPS) is 13.5. The van der Waals surface area contributed by atoms with Crippen molar-refractivity contribution in [3.8, 4) is 0 Å². The Balaban J connectivity index is 2.17. The van der Waals surface area contributed by atoms with Gasteiger partial charge in [-0.1, -0.05) is 35.4 Å². The summed E-state index contributed by atoms with van der Waals surface area (Å²) in [4.78, 5) is 11.9. The van der Waals surface area contributed by atoms with E-state index in [1.165, 1.54) is 24.3 Å². The second-order valence-corrected chi connectivity index (χ2v) is 11.8. The molecule has 0 aliphatic rings. The molecule has 0 N–H and O–H groups in total. The van der Waals surface area contributed by atoms with Gasteiger partial charge >= 0.3 is 5.97 Å². The maximum atomic E-state index is 12.7. The third kappa shape index (κ3) is 8.88. The first kappa shape index (κ1) is 27.0. The molecule has 0 amide bonds. The summed E-state index contributed by atoms with van der Waals surface area (Å²) < 4.78 is 66.1. The lowest BCUT2D eigenvalue weighted by Gasteiger charge is -2.21. The minimum absolute atomic E-state index is 0.0691. The Bertz CT molecular complexity index is 1140. The quantitative estimate of drug-likeness (QED) is 0.358. The van der Waals surface area contributed by atoms with Gasteiger partial charge in [0.2, 0.25) is 0 Å². The van der Waals surface area contributed by atoms with Gasteiger partial charge in [-0.05, 0) is 65.3 Å². The zero-order chi connectivity index (χ0) is 24.9. The summed E-state index contributed by atoms with van der Waals surface area (Å²) in [6, 6.07) is 12.0. The molecule has 0 aliphatic carbocycles. The molecule has 2 aromatic carbocycles. The maximum Gasteiger partial charge on any atom is 0.306 e. The highest BCUT2D eigenvalue weighted by atomic mass is 32.2. The highest BCUT2D eigenvalue weighted by molar-refractivity contribution is 7.87. The molecule has 1 unspecified atom stereocenters. The van der Waals surface area contributed by atoms with Crippen molar-refractivity contribution in [3.05, 3.63) is 59.7 Å². The lowest BCUT2D eigenvalue weighted by Crippen LogP contribution is -2.28. The van der Waals surface area contributed by atoms with E-state index in [1.807, 2.05) is 13.8 Å². The SMILES string of the molecule is Cc1ccc(S(=O)(=O)OCC(CCC(=O)OC(C)(C)C)OS(=O)(=O)c2ccc(C)cc2)cc1. The van der Waals surface area contributed by atoms with Crippen LogP contribution in [0.2, 0.25) is 0 Å². The van der Waals surface area contributed by atoms with Crippen molar-refractivity contribution in [2.75, 3.05) is 6.61 Å². The summed E-state index contributed by atoms with van der Waals surface area (Å²) in [5, 5.41) is 0. The number of carbonyl (C=O) groups is 1. The number of carbonyl (C=O) groups excluding carboxylic acids is 1. The van der Waals surface area contributed by atoms with Gasteiger partial charge < -0.3 is 4.74 Å². The number of aryl methyl sites for hydroxylation is 2. The predicted molar refractivity (Wildman–Crippen MR) is 123 cm³/mol. The standard InChI is InChI=1S/C23H30O8S2/c1-17-6-11-20(12-7-17)32(25,26)29-16-19(10-15-22(24)30-23(3,4)5)31-33(27,28)21-13-8-18(2)9-14-21/h6-9,11-14,19H,10,15-16H2,1-5H3. The smallest absolute Gasteiger partial charge is 0.306 e. The molecule has 2 rings (SSSR count). The second kappa shape index (κ2) is 10.8. The van der Waals surface area contributed by atoms with Crippen LogP contribution in [0.25, 0.3) is 0 Å². The van der Waals surface area contributed by atoms with E-state index < -0.39 is 44.5 Å². The summed E-state index contributed by atoms with van der Waals surface area (Å²) in [5.74, 6) is -0.565. The van der Waals surface area contributed by atoms with Crippen molar-refractivity contribution >= 4 is 26.2 Å². The molecule has 0 aliphatic heterocycles. The van der Waals surface area contributed by atoms with Gasteiger partial charge in [0.05, 0.1) is 16.4 Å². The van der Waals surface area contributed by atoms with Crippen LogP contribution in [-0.2, 0) is 38.1 Å². The van der Waals surface area contributed by atoms with Crippen molar-refractivity contribution < 1.29 is 34.7 Å². The molecule has 0 bridgehead atoms. The largest absolute Gasteiger partial charge is 0.460 e. The van der Waals surface area contributed by atoms with Gasteiger partial charge in [0.15, 0.2) is 0 Å². The monoisotopic (exact) mass is 498 g/mol. The van der Waals surface area contributed by atoms with Crippen LogP contribution in [0.3, 0.4) is 0 Å². The van der Waals surface area contributed by atoms with Crippen LogP contribution in [0.1, 0.15) is 44.7 Å². The van der Waals surface area contributed by atoms with E-state index in [0.717, 1.165) is 11.1 Å². The fourth-order valence-corrected chi connectivity index (χ4v) is 4.74. The average Bonchev–Trinajstić information content (AvgIpc) is 2.69. The number of ether oxygens (including phenoxy) is 1. The van der Waals surface area contributed by atoms with Gasteiger partial charge in [0.25, 0.3) is 20.2 Å². The molecule has 1 atom stereocenters. The van der Waals surface area contributed by atoms with Crippen LogP contribution in [0.5, 0.6) is 0 Å². The first-order chi connectivity index (χ1) is 15.2. The van der Waals surface area contributed by atoms with Crippen LogP contribution < -0.4 is 0 Å². The first-order valence-electron chi connectivity index (χ1n) is 10.4. The van der Waals surface area contributed by atoms with E-state index in [0.29, 0.717) is 0 Å². The van der Waals surface area contributed by atoms with E-state index in [9.17, 15) is 21.6 Å². The molecular formula is C23H30O8S2. The van der Waals surface area contributed by atoms with Crippen LogP contribution in [0, 0.1) is 13.8 Å². The molecule has 182 valence electrons. The highest BCUT2D eigenvalue weighted by Crippen LogP contribution is 2.20. The van der Waals surface area contributed by atoms with Crippen molar-refractivity contribution in [2.24, 2.45) is 0 Å². The molecule has 0 saturated heterocycles. The van der Waals surface area contributed by atoms with Crippen molar-refractivity contribution in [2.45, 2.75) is 69.0 Å². The lowest BCUT2D eigenvalue weighted by molar-refractivity contribution is -0.155. The van der Waals surface area contributed by atoms with Gasteiger partial charge in [-0.3, -0.25) is 13.2 Å². The average molecular weight is 499 g/mol. The molecule has 33 heavy (non-hydrogen) atoms. The third-order valence-corrected chi connectivity index (χ3v) is 7.05. The van der Waals surface area contributed by atoms with E-state index in [1.54, 1.807) is 45.0 Å². The molecule has 8 nitrogen and oxygen atoms in total. The van der Waals surface area contributed by atoms with Crippen molar-refractivity contribution in [1.29, 1.82) is 0 Å². The molecule has 0 aromatic heterocycles. The number of hydrogen-bond donors (Lipinski definition) is 0. The third-order valence-electron chi connectivity index (χ3n) is 4.38. The van der Waals surface area contributed by atoms with E-state index in [2.05, 4.69) is 0 Å². The Morgan fingerprint density at radius 2 is 1.27 bits per heavy atom. The Morgan fingerprint density at radius 1 is 0.818 bits per heavy atom. The molecule has 0 spiro atoms. The minimum atomic E-state index is -4.22. The fourth-order valence-electron chi connectivity index (χ4n) is 2.71. The van der Waals surface area contributed by atoms with Crippen LogP contribution in [0.4, 0.5) is 0 Å². The molecule has 0 fully saturated rings. The molecule has 10 heteroatoms. The Labute approximate surface area is 196 Å². The topological polar surface area (TPSA) is 113 Å². The van der Waals surface area contributed by atoms with Gasteiger partial charge in [-0.2, -0.15) is 16.8 Å². The maximum absolute atomic E-state index is 12.7. The van der Waals surface area contributed by atoms with E-state index in [-0.39, 0.29) is 22.6 Å². The van der Waals surface area contributed by atoms with Gasteiger partial charge in [0.1, 0.15) is 11.7 Å². The Morgan fingerprint density at radius 3 is 1.73 bits per heavy atom. The van der Waals surface area contributed by atoms with Gasteiger partial charge in [0, 0.05) is 6.42 Å². The second-order valence-electron chi connectivity index (χ2n) is 8.66.